The molecule has 0 aliphatic carbocycles. The summed E-state index contributed by atoms with van der Waals surface area (Å²) in [5.41, 5.74) is 6.80. The summed E-state index contributed by atoms with van der Waals surface area (Å²) < 4.78 is 1.85. The van der Waals surface area contributed by atoms with E-state index >= 15 is 0 Å². The van der Waals surface area contributed by atoms with Crippen LogP contribution >= 0.6 is 11.8 Å². The molecule has 5 heteroatoms. The SMILES string of the molecule is Cc1cc(SCC(N)CCO)n(C)n1. The lowest BCUT2D eigenvalue weighted by atomic mass is 10.3. The van der Waals surface area contributed by atoms with E-state index in [2.05, 4.69) is 5.10 Å². The quantitative estimate of drug-likeness (QED) is 0.703. The minimum Gasteiger partial charge on any atom is -0.396 e. The van der Waals surface area contributed by atoms with Crippen LogP contribution in [0.2, 0.25) is 0 Å². The minimum absolute atomic E-state index is 0.0557. The fourth-order valence-corrected chi connectivity index (χ4v) is 2.20. The first-order chi connectivity index (χ1) is 6.63. The molecule has 0 spiro atoms. The first-order valence-corrected chi connectivity index (χ1v) is 5.62. The molecule has 80 valence electrons. The third-order valence-corrected chi connectivity index (χ3v) is 3.18. The van der Waals surface area contributed by atoms with E-state index in [4.69, 9.17) is 10.8 Å². The van der Waals surface area contributed by atoms with E-state index < -0.39 is 0 Å². The number of aryl methyl sites for hydroxylation is 2. The number of rotatable bonds is 5. The summed E-state index contributed by atoms with van der Waals surface area (Å²) in [6, 6.07) is 2.09. The molecule has 0 bridgehead atoms. The van der Waals surface area contributed by atoms with Gasteiger partial charge in [0.15, 0.2) is 0 Å². The van der Waals surface area contributed by atoms with Gasteiger partial charge in [-0.3, -0.25) is 4.68 Å². The molecule has 0 amide bonds. The molecule has 3 N–H and O–H groups in total. The highest BCUT2D eigenvalue weighted by Gasteiger charge is 2.06. The molecule has 0 radical (unpaired) electrons. The minimum atomic E-state index is 0.0557. The Morgan fingerprint density at radius 2 is 2.43 bits per heavy atom. The molecule has 0 aliphatic heterocycles. The summed E-state index contributed by atoms with van der Waals surface area (Å²) in [7, 11) is 1.92. The highest BCUT2D eigenvalue weighted by atomic mass is 32.2. The lowest BCUT2D eigenvalue weighted by Gasteiger charge is -2.08. The Morgan fingerprint density at radius 1 is 1.71 bits per heavy atom. The van der Waals surface area contributed by atoms with Gasteiger partial charge in [0, 0.05) is 25.4 Å². The lowest BCUT2D eigenvalue weighted by Crippen LogP contribution is -2.24. The van der Waals surface area contributed by atoms with Crippen molar-refractivity contribution in [3.05, 3.63) is 11.8 Å². The van der Waals surface area contributed by atoms with Gasteiger partial charge in [-0.15, -0.1) is 11.8 Å². The van der Waals surface area contributed by atoms with Gasteiger partial charge in [0.25, 0.3) is 0 Å². The third-order valence-electron chi connectivity index (χ3n) is 1.90. The maximum Gasteiger partial charge on any atom is 0.0939 e. The fourth-order valence-electron chi connectivity index (χ4n) is 1.16. The molecule has 4 nitrogen and oxygen atoms in total. The van der Waals surface area contributed by atoms with Crippen molar-refractivity contribution in [2.45, 2.75) is 24.4 Å². The molecule has 0 saturated heterocycles. The molecule has 0 saturated carbocycles. The summed E-state index contributed by atoms with van der Waals surface area (Å²) in [4.78, 5) is 0. The molecule has 1 unspecified atom stereocenters. The Balaban J connectivity index is 2.41. The van der Waals surface area contributed by atoms with Crippen LogP contribution in [-0.2, 0) is 7.05 Å². The number of hydrogen-bond donors (Lipinski definition) is 2. The normalized spacial score (nSPS) is 13.1. The molecule has 1 aromatic heterocycles. The average Bonchev–Trinajstić information content (AvgIpc) is 2.42. The van der Waals surface area contributed by atoms with Crippen molar-refractivity contribution in [1.82, 2.24) is 9.78 Å². The van der Waals surface area contributed by atoms with E-state index in [1.807, 2.05) is 24.7 Å². The highest BCUT2D eigenvalue weighted by Crippen LogP contribution is 2.18. The van der Waals surface area contributed by atoms with Crippen molar-refractivity contribution in [1.29, 1.82) is 0 Å². The van der Waals surface area contributed by atoms with Crippen LogP contribution in [0.1, 0.15) is 12.1 Å². The molecule has 0 fully saturated rings. The van der Waals surface area contributed by atoms with Crippen LogP contribution in [0.15, 0.2) is 11.1 Å². The first-order valence-electron chi connectivity index (χ1n) is 4.63. The van der Waals surface area contributed by atoms with Gasteiger partial charge in [-0.2, -0.15) is 5.10 Å². The van der Waals surface area contributed by atoms with Crippen molar-refractivity contribution in [2.75, 3.05) is 12.4 Å². The number of nitrogens with zero attached hydrogens (tertiary/aromatic N) is 2. The summed E-state index contributed by atoms with van der Waals surface area (Å²) in [5, 5.41) is 14.0. The van der Waals surface area contributed by atoms with Crippen LogP contribution in [0.4, 0.5) is 0 Å². The first kappa shape index (κ1) is 11.6. The third kappa shape index (κ3) is 3.32. The van der Waals surface area contributed by atoms with Crippen LogP contribution in [-0.4, -0.2) is 33.3 Å². The van der Waals surface area contributed by atoms with E-state index in [0.29, 0.717) is 6.42 Å². The van der Waals surface area contributed by atoms with Crippen LogP contribution in [0.3, 0.4) is 0 Å². The Hall–Kier alpha value is -0.520. The zero-order chi connectivity index (χ0) is 10.6. The molecule has 0 aromatic carbocycles. The monoisotopic (exact) mass is 215 g/mol. The number of aromatic nitrogens is 2. The Kier molecular flexibility index (Phi) is 4.44. The van der Waals surface area contributed by atoms with Crippen LogP contribution in [0, 0.1) is 6.92 Å². The molecule has 1 aromatic rings. The second kappa shape index (κ2) is 5.38. The molecule has 0 aliphatic rings. The zero-order valence-corrected chi connectivity index (χ0v) is 9.42. The average molecular weight is 215 g/mol. The van der Waals surface area contributed by atoms with Gasteiger partial charge in [-0.1, -0.05) is 0 Å². The van der Waals surface area contributed by atoms with Crippen molar-refractivity contribution < 1.29 is 5.11 Å². The number of thioether (sulfide) groups is 1. The number of hydrogen-bond acceptors (Lipinski definition) is 4. The topological polar surface area (TPSA) is 64.1 Å². The van der Waals surface area contributed by atoms with Crippen molar-refractivity contribution in [3.63, 3.8) is 0 Å². The van der Waals surface area contributed by atoms with E-state index in [1.54, 1.807) is 11.8 Å². The second-order valence-corrected chi connectivity index (χ2v) is 4.37. The summed E-state index contributed by atoms with van der Waals surface area (Å²) in [6.07, 6.45) is 0.657. The van der Waals surface area contributed by atoms with E-state index in [1.165, 1.54) is 0 Å². The Bertz CT molecular complexity index is 288. The number of aliphatic hydroxyl groups is 1. The predicted octanol–water partition coefficient (Wildman–Crippen LogP) is 0.530. The number of nitrogens with two attached hydrogens (primary N) is 1. The largest absolute Gasteiger partial charge is 0.396 e. The highest BCUT2D eigenvalue weighted by molar-refractivity contribution is 7.99. The molecular formula is C9H17N3OS. The van der Waals surface area contributed by atoms with Gasteiger partial charge in [0.1, 0.15) is 0 Å². The van der Waals surface area contributed by atoms with Gasteiger partial charge in [-0.25, -0.2) is 0 Å². The zero-order valence-electron chi connectivity index (χ0n) is 8.60. The van der Waals surface area contributed by atoms with Crippen molar-refractivity contribution in [3.8, 4) is 0 Å². The molecule has 1 atom stereocenters. The summed E-state index contributed by atoms with van der Waals surface area (Å²) in [5.74, 6) is 0.819. The number of aliphatic hydroxyl groups excluding tert-OH is 1. The Labute approximate surface area is 88.5 Å². The van der Waals surface area contributed by atoms with Gasteiger partial charge in [-0.05, 0) is 19.4 Å². The summed E-state index contributed by atoms with van der Waals surface area (Å²) >= 11 is 1.68. The standard InChI is InChI=1S/C9H17N3OS/c1-7-5-9(12(2)11-7)14-6-8(10)3-4-13/h5,8,13H,3-4,6,10H2,1-2H3. The van der Waals surface area contributed by atoms with Gasteiger partial charge < -0.3 is 10.8 Å². The summed E-state index contributed by atoms with van der Waals surface area (Å²) in [6.45, 7) is 2.13. The lowest BCUT2D eigenvalue weighted by molar-refractivity contribution is 0.279. The molecule has 1 rings (SSSR count). The van der Waals surface area contributed by atoms with Crippen LogP contribution < -0.4 is 5.73 Å². The smallest absolute Gasteiger partial charge is 0.0939 e. The van der Waals surface area contributed by atoms with E-state index in [-0.39, 0.29) is 12.6 Å². The van der Waals surface area contributed by atoms with Gasteiger partial charge in [0.2, 0.25) is 0 Å². The maximum atomic E-state index is 8.69. The maximum absolute atomic E-state index is 8.69. The van der Waals surface area contributed by atoms with Crippen molar-refractivity contribution in [2.24, 2.45) is 12.8 Å². The van der Waals surface area contributed by atoms with Crippen molar-refractivity contribution >= 4 is 11.8 Å². The molecular weight excluding hydrogens is 198 g/mol. The van der Waals surface area contributed by atoms with Gasteiger partial charge in [0.05, 0.1) is 10.7 Å². The fraction of sp³-hybridized carbons (Fsp3) is 0.667. The van der Waals surface area contributed by atoms with Crippen LogP contribution in [0.5, 0.6) is 0 Å². The molecule has 14 heavy (non-hydrogen) atoms. The molecule has 1 heterocycles. The van der Waals surface area contributed by atoms with E-state index in [0.717, 1.165) is 16.5 Å². The van der Waals surface area contributed by atoms with E-state index in [9.17, 15) is 0 Å². The Morgan fingerprint density at radius 3 is 2.93 bits per heavy atom. The second-order valence-electron chi connectivity index (χ2n) is 3.33. The van der Waals surface area contributed by atoms with Gasteiger partial charge >= 0.3 is 0 Å². The predicted molar refractivity (Wildman–Crippen MR) is 58.3 cm³/mol. The van der Waals surface area contributed by atoms with Crippen LogP contribution in [0.25, 0.3) is 0 Å².